The van der Waals surface area contributed by atoms with Crippen LogP contribution >= 0.6 is 0 Å². The molecule has 2 aromatic heterocycles. The van der Waals surface area contributed by atoms with Crippen LogP contribution in [0.2, 0.25) is 0 Å². The van der Waals surface area contributed by atoms with Crippen LogP contribution in [-0.2, 0) is 6.54 Å². The number of benzene rings is 1. The first-order valence-electron chi connectivity index (χ1n) is 7.96. The van der Waals surface area contributed by atoms with Crippen LogP contribution in [0.25, 0.3) is 11.1 Å². The third-order valence-corrected chi connectivity index (χ3v) is 3.61. The minimum Gasteiger partial charge on any atom is -0.304 e. The maximum Gasteiger partial charge on any atom is 0.408 e. The van der Waals surface area contributed by atoms with Gasteiger partial charge in [-0.25, -0.2) is 13.8 Å². The second-order valence-electron chi connectivity index (χ2n) is 6.01. The Bertz CT molecular complexity index is 1010. The van der Waals surface area contributed by atoms with E-state index >= 15 is 0 Å². The Morgan fingerprint density at radius 1 is 1.07 bits per heavy atom. The van der Waals surface area contributed by atoms with Gasteiger partial charge in [0.05, 0.1) is 0 Å². The van der Waals surface area contributed by atoms with Gasteiger partial charge in [-0.2, -0.15) is 18.3 Å². The zero-order valence-electron chi connectivity index (χ0n) is 14.4. The van der Waals surface area contributed by atoms with Crippen molar-refractivity contribution in [2.75, 3.05) is 5.32 Å². The zero-order valence-corrected chi connectivity index (χ0v) is 14.4. The Balaban J connectivity index is 1.83. The number of aryl methyl sites for hydroxylation is 1. The molecule has 0 fully saturated rings. The highest BCUT2D eigenvalue weighted by atomic mass is 19.4. The SMILES string of the molecule is Cc1cc(-c2cc(F)cc(F)c2)cc(C(=O)Nc2ccn(CC(F)(F)F)n2)n1. The summed E-state index contributed by atoms with van der Waals surface area (Å²) in [5.41, 5.74) is 0.908. The van der Waals surface area contributed by atoms with Gasteiger partial charge in [-0.15, -0.1) is 0 Å². The molecular formula is C18H13F5N4O. The first-order chi connectivity index (χ1) is 13.1. The lowest BCUT2D eigenvalue weighted by Gasteiger charge is -2.08. The molecule has 1 aromatic carbocycles. The number of carbonyl (C=O) groups is 1. The summed E-state index contributed by atoms with van der Waals surface area (Å²) in [6.45, 7) is 0.300. The Kier molecular flexibility index (Phi) is 5.12. The largest absolute Gasteiger partial charge is 0.408 e. The molecule has 1 N–H and O–H groups in total. The summed E-state index contributed by atoms with van der Waals surface area (Å²) < 4.78 is 64.7. The lowest BCUT2D eigenvalue weighted by atomic mass is 10.0. The first kappa shape index (κ1) is 19.5. The van der Waals surface area contributed by atoms with E-state index in [1.54, 1.807) is 13.0 Å². The van der Waals surface area contributed by atoms with Crippen LogP contribution in [0.4, 0.5) is 27.8 Å². The summed E-state index contributed by atoms with van der Waals surface area (Å²) in [5.74, 6) is -2.36. The van der Waals surface area contributed by atoms with Crippen molar-refractivity contribution >= 4 is 11.7 Å². The molecule has 0 unspecified atom stereocenters. The number of nitrogens with one attached hydrogen (secondary N) is 1. The van der Waals surface area contributed by atoms with Crippen molar-refractivity contribution in [3.63, 3.8) is 0 Å². The third kappa shape index (κ3) is 4.90. The molecule has 0 atom stereocenters. The maximum atomic E-state index is 13.5. The van der Waals surface area contributed by atoms with Gasteiger partial charge >= 0.3 is 6.18 Å². The fourth-order valence-electron chi connectivity index (χ4n) is 2.55. The lowest BCUT2D eigenvalue weighted by molar-refractivity contribution is -0.142. The molecule has 0 saturated heterocycles. The summed E-state index contributed by atoms with van der Waals surface area (Å²) in [5, 5.41) is 5.97. The predicted molar refractivity (Wildman–Crippen MR) is 90.6 cm³/mol. The highest BCUT2D eigenvalue weighted by Gasteiger charge is 2.28. The van der Waals surface area contributed by atoms with Gasteiger partial charge < -0.3 is 5.32 Å². The number of nitrogens with zero attached hydrogens (tertiary/aromatic N) is 3. The number of pyridine rings is 1. The van der Waals surface area contributed by atoms with Gasteiger partial charge in [-0.05, 0) is 42.3 Å². The molecule has 5 nitrogen and oxygen atoms in total. The van der Waals surface area contributed by atoms with Crippen molar-refractivity contribution in [3.8, 4) is 11.1 Å². The van der Waals surface area contributed by atoms with E-state index in [0.717, 1.165) is 24.4 Å². The summed E-state index contributed by atoms with van der Waals surface area (Å²) in [4.78, 5) is 16.4. The number of aromatic nitrogens is 3. The monoisotopic (exact) mass is 396 g/mol. The molecule has 0 aliphatic carbocycles. The van der Waals surface area contributed by atoms with Crippen LogP contribution in [-0.4, -0.2) is 26.8 Å². The Morgan fingerprint density at radius 2 is 1.71 bits per heavy atom. The molecule has 0 aliphatic rings. The molecule has 28 heavy (non-hydrogen) atoms. The topological polar surface area (TPSA) is 59.8 Å². The van der Waals surface area contributed by atoms with E-state index in [9.17, 15) is 26.7 Å². The standard InChI is InChI=1S/C18H13F5N4O/c1-10-4-11(12-5-13(19)8-14(20)6-12)7-15(24-10)17(28)25-16-2-3-27(26-16)9-18(21,22)23/h2-8H,9H2,1H3,(H,25,26,28). The number of amides is 1. The van der Waals surface area contributed by atoms with Gasteiger partial charge in [0.1, 0.15) is 23.9 Å². The Hall–Kier alpha value is -3.30. The number of anilines is 1. The van der Waals surface area contributed by atoms with Gasteiger partial charge in [0.15, 0.2) is 5.82 Å². The average molecular weight is 396 g/mol. The molecule has 0 bridgehead atoms. The molecule has 1 amide bonds. The van der Waals surface area contributed by atoms with E-state index in [4.69, 9.17) is 0 Å². The Labute approximate surface area is 155 Å². The number of rotatable bonds is 4. The van der Waals surface area contributed by atoms with Crippen molar-refractivity contribution in [1.29, 1.82) is 0 Å². The van der Waals surface area contributed by atoms with Crippen molar-refractivity contribution in [2.45, 2.75) is 19.6 Å². The van der Waals surface area contributed by atoms with Gasteiger partial charge in [-0.3, -0.25) is 9.48 Å². The van der Waals surface area contributed by atoms with Gasteiger partial charge in [0.2, 0.25) is 0 Å². The highest BCUT2D eigenvalue weighted by molar-refractivity contribution is 6.03. The van der Waals surface area contributed by atoms with Crippen LogP contribution in [0.5, 0.6) is 0 Å². The van der Waals surface area contributed by atoms with Crippen LogP contribution in [0.1, 0.15) is 16.2 Å². The fourth-order valence-corrected chi connectivity index (χ4v) is 2.55. The van der Waals surface area contributed by atoms with Gasteiger partial charge in [0.25, 0.3) is 5.91 Å². The van der Waals surface area contributed by atoms with Gasteiger partial charge in [0, 0.05) is 24.0 Å². The number of hydrogen-bond donors (Lipinski definition) is 1. The molecule has 2 heterocycles. The third-order valence-electron chi connectivity index (χ3n) is 3.61. The molecular weight excluding hydrogens is 383 g/mol. The van der Waals surface area contributed by atoms with E-state index in [0.29, 0.717) is 15.9 Å². The van der Waals surface area contributed by atoms with Crippen molar-refractivity contribution in [2.24, 2.45) is 0 Å². The van der Waals surface area contributed by atoms with E-state index in [-0.39, 0.29) is 17.1 Å². The molecule has 0 spiro atoms. The van der Waals surface area contributed by atoms with E-state index in [1.165, 1.54) is 12.1 Å². The number of halogens is 5. The minimum absolute atomic E-state index is 0.0787. The molecule has 10 heteroatoms. The normalized spacial score (nSPS) is 11.5. The molecule has 3 rings (SSSR count). The van der Waals surface area contributed by atoms with Crippen molar-refractivity contribution < 1.29 is 26.7 Å². The summed E-state index contributed by atoms with van der Waals surface area (Å²) in [6.07, 6.45) is -3.37. The van der Waals surface area contributed by atoms with E-state index < -0.39 is 30.3 Å². The van der Waals surface area contributed by atoms with Crippen molar-refractivity contribution in [1.82, 2.24) is 14.8 Å². The number of carbonyl (C=O) groups excluding carboxylic acids is 1. The lowest BCUT2D eigenvalue weighted by Crippen LogP contribution is -2.19. The highest BCUT2D eigenvalue weighted by Crippen LogP contribution is 2.24. The second-order valence-corrected chi connectivity index (χ2v) is 6.01. The minimum atomic E-state index is -4.44. The molecule has 0 saturated carbocycles. The molecule has 3 aromatic rings. The molecule has 146 valence electrons. The number of alkyl halides is 3. The predicted octanol–water partition coefficient (Wildman–Crippen LogP) is 4.35. The summed E-state index contributed by atoms with van der Waals surface area (Å²) in [7, 11) is 0. The summed E-state index contributed by atoms with van der Waals surface area (Å²) >= 11 is 0. The van der Waals surface area contributed by atoms with Crippen LogP contribution < -0.4 is 5.32 Å². The zero-order chi connectivity index (χ0) is 20.5. The van der Waals surface area contributed by atoms with E-state index in [1.807, 2.05) is 0 Å². The second kappa shape index (κ2) is 7.37. The summed E-state index contributed by atoms with van der Waals surface area (Å²) in [6, 6.07) is 7.02. The van der Waals surface area contributed by atoms with Crippen LogP contribution in [0.15, 0.2) is 42.6 Å². The smallest absolute Gasteiger partial charge is 0.304 e. The average Bonchev–Trinajstić information content (AvgIpc) is 2.98. The first-order valence-corrected chi connectivity index (χ1v) is 7.96. The molecule has 0 radical (unpaired) electrons. The van der Waals surface area contributed by atoms with E-state index in [2.05, 4.69) is 15.4 Å². The van der Waals surface area contributed by atoms with Crippen molar-refractivity contribution in [3.05, 3.63) is 65.6 Å². The van der Waals surface area contributed by atoms with Crippen LogP contribution in [0.3, 0.4) is 0 Å². The Morgan fingerprint density at radius 3 is 2.36 bits per heavy atom. The quantitative estimate of drug-likeness (QED) is 0.668. The number of hydrogen-bond acceptors (Lipinski definition) is 3. The molecule has 0 aliphatic heterocycles. The maximum absolute atomic E-state index is 13.5. The fraction of sp³-hybridized carbons (Fsp3) is 0.167. The van der Waals surface area contributed by atoms with Gasteiger partial charge in [-0.1, -0.05) is 0 Å². The van der Waals surface area contributed by atoms with Crippen LogP contribution in [0, 0.1) is 18.6 Å².